The summed E-state index contributed by atoms with van der Waals surface area (Å²) >= 11 is 0. The Bertz CT molecular complexity index is 758. The van der Waals surface area contributed by atoms with E-state index in [2.05, 4.69) is 20.9 Å². The van der Waals surface area contributed by atoms with Crippen molar-refractivity contribution < 1.29 is 4.79 Å². The number of hydrogen-bond acceptors (Lipinski definition) is 3. The average molecular weight is 304 g/mol. The van der Waals surface area contributed by atoms with Crippen molar-refractivity contribution in [2.75, 3.05) is 16.0 Å². The van der Waals surface area contributed by atoms with Crippen LogP contribution in [0.5, 0.6) is 0 Å². The zero-order valence-corrected chi connectivity index (χ0v) is 12.4. The van der Waals surface area contributed by atoms with Gasteiger partial charge in [-0.3, -0.25) is 0 Å². The number of aromatic nitrogens is 1. The van der Waals surface area contributed by atoms with Gasteiger partial charge in [-0.2, -0.15) is 0 Å². The quantitative estimate of drug-likeness (QED) is 0.666. The number of urea groups is 1. The molecule has 0 radical (unpaired) electrons. The minimum absolute atomic E-state index is 0.304. The molecule has 0 unspecified atom stereocenters. The van der Waals surface area contributed by atoms with Gasteiger partial charge in [0.25, 0.3) is 0 Å². The normalized spacial score (nSPS) is 9.91. The molecular weight excluding hydrogens is 288 g/mol. The van der Waals surface area contributed by atoms with Crippen LogP contribution in [-0.4, -0.2) is 11.0 Å². The second-order valence-corrected chi connectivity index (χ2v) is 4.87. The van der Waals surface area contributed by atoms with Gasteiger partial charge in [-0.1, -0.05) is 36.4 Å². The van der Waals surface area contributed by atoms with Gasteiger partial charge in [-0.25, -0.2) is 9.78 Å². The van der Waals surface area contributed by atoms with Crippen LogP contribution in [0.2, 0.25) is 0 Å². The summed E-state index contributed by atoms with van der Waals surface area (Å²) in [5.41, 5.74) is 2.32. The van der Waals surface area contributed by atoms with Crippen LogP contribution >= 0.6 is 0 Å². The van der Waals surface area contributed by atoms with Crippen molar-refractivity contribution in [3.63, 3.8) is 0 Å². The Morgan fingerprint density at radius 1 is 0.696 bits per heavy atom. The Hall–Kier alpha value is -3.34. The predicted octanol–water partition coefficient (Wildman–Crippen LogP) is 4.47. The maximum Gasteiger partial charge on any atom is 0.323 e. The fourth-order valence-corrected chi connectivity index (χ4v) is 2.03. The first-order valence-electron chi connectivity index (χ1n) is 7.21. The summed E-state index contributed by atoms with van der Waals surface area (Å²) in [4.78, 5) is 16.2. The third kappa shape index (κ3) is 4.31. The second kappa shape index (κ2) is 7.09. The molecule has 0 spiro atoms. The standard InChI is InChI=1S/C18H16N4O/c23-18(21-15-9-5-2-6-10-15)22-16-11-12-17(19-13-16)20-14-7-3-1-4-8-14/h1-13H,(H,19,20)(H2,21,22,23). The Balaban J connectivity index is 1.58. The van der Waals surface area contributed by atoms with Crippen LogP contribution in [-0.2, 0) is 0 Å². The van der Waals surface area contributed by atoms with Crippen LogP contribution in [0.4, 0.5) is 27.7 Å². The summed E-state index contributed by atoms with van der Waals surface area (Å²) in [6, 6.07) is 22.3. The van der Waals surface area contributed by atoms with Gasteiger partial charge in [0, 0.05) is 11.4 Å². The van der Waals surface area contributed by atoms with Crippen LogP contribution in [0.3, 0.4) is 0 Å². The summed E-state index contributed by atoms with van der Waals surface area (Å²) < 4.78 is 0. The van der Waals surface area contributed by atoms with Crippen LogP contribution < -0.4 is 16.0 Å². The molecule has 1 aromatic heterocycles. The van der Waals surface area contributed by atoms with Gasteiger partial charge in [0.05, 0.1) is 11.9 Å². The lowest BCUT2D eigenvalue weighted by atomic mass is 10.3. The van der Waals surface area contributed by atoms with Gasteiger partial charge in [-0.05, 0) is 36.4 Å². The first-order valence-corrected chi connectivity index (χ1v) is 7.21. The zero-order chi connectivity index (χ0) is 15.9. The molecule has 1 heterocycles. The molecule has 0 aliphatic rings. The van der Waals surface area contributed by atoms with Crippen LogP contribution in [0.1, 0.15) is 0 Å². The smallest absolute Gasteiger partial charge is 0.323 e. The van der Waals surface area contributed by atoms with Gasteiger partial charge in [0.2, 0.25) is 0 Å². The van der Waals surface area contributed by atoms with Crippen molar-refractivity contribution >= 4 is 28.9 Å². The van der Waals surface area contributed by atoms with Crippen molar-refractivity contribution in [3.8, 4) is 0 Å². The van der Waals surface area contributed by atoms with Crippen LogP contribution in [0.25, 0.3) is 0 Å². The van der Waals surface area contributed by atoms with E-state index in [1.54, 1.807) is 12.3 Å². The molecule has 5 nitrogen and oxygen atoms in total. The summed E-state index contributed by atoms with van der Waals surface area (Å²) in [5.74, 6) is 0.713. The number of nitrogens with zero attached hydrogens (tertiary/aromatic N) is 1. The van der Waals surface area contributed by atoms with Gasteiger partial charge in [0.1, 0.15) is 5.82 Å². The molecule has 0 fully saturated rings. The number of benzene rings is 2. The van der Waals surface area contributed by atoms with E-state index in [9.17, 15) is 4.79 Å². The van der Waals surface area contributed by atoms with E-state index in [4.69, 9.17) is 0 Å². The molecule has 114 valence electrons. The number of nitrogens with one attached hydrogen (secondary N) is 3. The first kappa shape index (κ1) is 14.6. The third-order valence-electron chi connectivity index (χ3n) is 3.10. The molecule has 0 aliphatic carbocycles. The van der Waals surface area contributed by atoms with E-state index in [0.29, 0.717) is 11.5 Å². The van der Waals surface area contributed by atoms with Crippen molar-refractivity contribution in [2.45, 2.75) is 0 Å². The van der Waals surface area contributed by atoms with E-state index < -0.39 is 0 Å². The van der Waals surface area contributed by atoms with Gasteiger partial charge >= 0.3 is 6.03 Å². The number of anilines is 4. The summed E-state index contributed by atoms with van der Waals surface area (Å²) in [5, 5.41) is 8.68. The van der Waals surface area contributed by atoms with E-state index in [1.807, 2.05) is 66.7 Å². The molecule has 0 atom stereocenters. The maximum atomic E-state index is 11.9. The number of pyridine rings is 1. The molecule has 3 N–H and O–H groups in total. The molecule has 0 bridgehead atoms. The highest BCUT2D eigenvalue weighted by Crippen LogP contribution is 2.16. The number of rotatable bonds is 4. The highest BCUT2D eigenvalue weighted by atomic mass is 16.2. The molecule has 0 saturated heterocycles. The number of carbonyl (C=O) groups excluding carboxylic acids is 1. The maximum absolute atomic E-state index is 11.9. The summed E-state index contributed by atoms with van der Waals surface area (Å²) in [6.45, 7) is 0. The topological polar surface area (TPSA) is 66.1 Å². The van der Waals surface area contributed by atoms with Gasteiger partial charge in [-0.15, -0.1) is 0 Å². The lowest BCUT2D eigenvalue weighted by Gasteiger charge is -2.09. The van der Waals surface area contributed by atoms with E-state index in [-0.39, 0.29) is 6.03 Å². The molecule has 0 saturated carbocycles. The molecular formula is C18H16N4O. The Kier molecular flexibility index (Phi) is 4.49. The lowest BCUT2D eigenvalue weighted by molar-refractivity contribution is 0.262. The predicted molar refractivity (Wildman–Crippen MR) is 93.0 cm³/mol. The number of carbonyl (C=O) groups is 1. The molecule has 5 heteroatoms. The van der Waals surface area contributed by atoms with Crippen molar-refractivity contribution in [3.05, 3.63) is 79.0 Å². The van der Waals surface area contributed by atoms with Gasteiger partial charge in [0.15, 0.2) is 0 Å². The largest absolute Gasteiger partial charge is 0.340 e. The Labute approximate surface area is 134 Å². The Morgan fingerprint density at radius 3 is 1.91 bits per heavy atom. The fraction of sp³-hybridized carbons (Fsp3) is 0. The van der Waals surface area contributed by atoms with Gasteiger partial charge < -0.3 is 16.0 Å². The van der Waals surface area contributed by atoms with E-state index in [0.717, 1.165) is 11.4 Å². The molecule has 2 amide bonds. The highest BCUT2D eigenvalue weighted by Gasteiger charge is 2.03. The minimum atomic E-state index is -0.304. The number of hydrogen-bond donors (Lipinski definition) is 3. The van der Waals surface area contributed by atoms with E-state index >= 15 is 0 Å². The third-order valence-corrected chi connectivity index (χ3v) is 3.10. The van der Waals surface area contributed by atoms with Crippen molar-refractivity contribution in [1.29, 1.82) is 0 Å². The van der Waals surface area contributed by atoms with Crippen molar-refractivity contribution in [1.82, 2.24) is 4.98 Å². The highest BCUT2D eigenvalue weighted by molar-refractivity contribution is 5.99. The fourth-order valence-electron chi connectivity index (χ4n) is 2.03. The summed E-state index contributed by atoms with van der Waals surface area (Å²) in [7, 11) is 0. The molecule has 3 rings (SSSR count). The molecule has 2 aromatic carbocycles. The van der Waals surface area contributed by atoms with Crippen LogP contribution in [0, 0.1) is 0 Å². The average Bonchev–Trinajstić information content (AvgIpc) is 2.58. The number of para-hydroxylation sites is 2. The molecule has 0 aliphatic heterocycles. The van der Waals surface area contributed by atoms with Crippen LogP contribution in [0.15, 0.2) is 79.0 Å². The lowest BCUT2D eigenvalue weighted by Crippen LogP contribution is -2.19. The number of amides is 2. The van der Waals surface area contributed by atoms with Crippen molar-refractivity contribution in [2.24, 2.45) is 0 Å². The molecule has 23 heavy (non-hydrogen) atoms. The zero-order valence-electron chi connectivity index (χ0n) is 12.4. The SMILES string of the molecule is O=C(Nc1ccccc1)Nc1ccc(Nc2ccccc2)nc1. The monoisotopic (exact) mass is 304 g/mol. The first-order chi connectivity index (χ1) is 11.3. The summed E-state index contributed by atoms with van der Waals surface area (Å²) in [6.07, 6.45) is 1.61. The molecule has 3 aromatic rings. The van der Waals surface area contributed by atoms with E-state index in [1.165, 1.54) is 0 Å². The Morgan fingerprint density at radius 2 is 1.30 bits per heavy atom. The second-order valence-electron chi connectivity index (χ2n) is 4.87. The minimum Gasteiger partial charge on any atom is -0.340 e.